The fourth-order valence-electron chi connectivity index (χ4n) is 3.08. The van der Waals surface area contributed by atoms with Crippen LogP contribution in [0.25, 0.3) is 0 Å². The minimum absolute atomic E-state index is 0.0410. The summed E-state index contributed by atoms with van der Waals surface area (Å²) in [5.41, 5.74) is -0.267. The molecule has 184 valence electrons. The maximum absolute atomic E-state index is 13.2. The third-order valence-corrected chi connectivity index (χ3v) is 5.36. The fourth-order valence-corrected chi connectivity index (χ4v) is 3.30. The molecule has 11 heteroatoms. The van der Waals surface area contributed by atoms with E-state index in [1.165, 1.54) is 42.2 Å². The number of rotatable bonds is 5. The number of carbonyl (C=O) groups is 2. The van der Waals surface area contributed by atoms with Gasteiger partial charge in [0.15, 0.2) is 0 Å². The molecule has 1 heterocycles. The van der Waals surface area contributed by atoms with Gasteiger partial charge in [-0.15, -0.1) is 0 Å². The molecule has 3 rings (SSSR count). The average Bonchev–Trinajstić information content (AvgIpc) is 2.82. The molecule has 1 aromatic heterocycles. The molecular formula is C24H22ClF3N4O3. The first-order valence-corrected chi connectivity index (χ1v) is 10.6. The Morgan fingerprint density at radius 2 is 1.46 bits per heavy atom. The summed E-state index contributed by atoms with van der Waals surface area (Å²) in [5.74, 6) is 0.591. The van der Waals surface area contributed by atoms with Gasteiger partial charge < -0.3 is 9.64 Å². The Morgan fingerprint density at radius 3 is 2.06 bits per heavy atom. The van der Waals surface area contributed by atoms with Crippen LogP contribution < -0.4 is 14.5 Å². The number of nitrogens with zero attached hydrogens (tertiary/aromatic N) is 4. The minimum Gasteiger partial charge on any atom is -0.457 e. The molecule has 7 nitrogen and oxygen atoms in total. The van der Waals surface area contributed by atoms with Crippen LogP contribution in [0, 0.1) is 0 Å². The van der Waals surface area contributed by atoms with Crippen molar-refractivity contribution < 1.29 is 27.5 Å². The molecule has 0 radical (unpaired) electrons. The van der Waals surface area contributed by atoms with Crippen LogP contribution in [0.15, 0.2) is 60.8 Å². The number of ether oxygens (including phenoxy) is 1. The predicted molar refractivity (Wildman–Crippen MR) is 127 cm³/mol. The second kappa shape index (κ2) is 10.2. The predicted octanol–water partition coefficient (Wildman–Crippen LogP) is 5.94. The zero-order chi connectivity index (χ0) is 25.9. The Labute approximate surface area is 205 Å². The van der Waals surface area contributed by atoms with Gasteiger partial charge in [-0.2, -0.15) is 13.2 Å². The minimum atomic E-state index is -4.64. The molecule has 0 atom stereocenters. The van der Waals surface area contributed by atoms with E-state index in [4.69, 9.17) is 16.3 Å². The Bertz CT molecular complexity index is 1230. The van der Waals surface area contributed by atoms with Crippen molar-refractivity contribution in [2.45, 2.75) is 6.18 Å². The van der Waals surface area contributed by atoms with Crippen molar-refractivity contribution in [1.82, 2.24) is 9.88 Å². The van der Waals surface area contributed by atoms with Crippen molar-refractivity contribution in [3.8, 4) is 11.5 Å². The zero-order valence-electron chi connectivity index (χ0n) is 19.3. The molecule has 2 aromatic carbocycles. The molecule has 0 saturated carbocycles. The SMILES string of the molecule is CN(C)C(=O)c1cc(Oc2ccc(N(C)C(=O)N(C)c3ccc(Cl)c(C(F)(F)F)c3)cc2)ccn1. The van der Waals surface area contributed by atoms with E-state index in [9.17, 15) is 22.8 Å². The molecule has 0 spiro atoms. The molecule has 0 aliphatic rings. The van der Waals surface area contributed by atoms with Crippen molar-refractivity contribution in [2.24, 2.45) is 0 Å². The van der Waals surface area contributed by atoms with Gasteiger partial charge in [0.25, 0.3) is 5.91 Å². The summed E-state index contributed by atoms with van der Waals surface area (Å²) in [7, 11) is 6.11. The molecule has 3 aromatic rings. The number of hydrogen-bond donors (Lipinski definition) is 0. The first kappa shape index (κ1) is 25.8. The van der Waals surface area contributed by atoms with Gasteiger partial charge in [-0.05, 0) is 48.5 Å². The lowest BCUT2D eigenvalue weighted by Gasteiger charge is -2.26. The van der Waals surface area contributed by atoms with Crippen LogP contribution in [0.3, 0.4) is 0 Å². The van der Waals surface area contributed by atoms with Gasteiger partial charge >= 0.3 is 12.2 Å². The zero-order valence-corrected chi connectivity index (χ0v) is 20.1. The van der Waals surface area contributed by atoms with E-state index < -0.39 is 22.8 Å². The molecular weight excluding hydrogens is 485 g/mol. The number of pyridine rings is 1. The Hall–Kier alpha value is -3.79. The molecule has 35 heavy (non-hydrogen) atoms. The second-order valence-corrected chi connectivity index (χ2v) is 8.14. The van der Waals surface area contributed by atoms with Crippen molar-refractivity contribution >= 4 is 34.9 Å². The highest BCUT2D eigenvalue weighted by atomic mass is 35.5. The summed E-state index contributed by atoms with van der Waals surface area (Å²) in [5, 5.41) is -0.446. The third-order valence-electron chi connectivity index (χ3n) is 5.03. The van der Waals surface area contributed by atoms with E-state index in [0.29, 0.717) is 17.2 Å². The van der Waals surface area contributed by atoms with Crippen LogP contribution in [0.5, 0.6) is 11.5 Å². The quantitative estimate of drug-likeness (QED) is 0.429. The summed E-state index contributed by atoms with van der Waals surface area (Å²) in [6.07, 6.45) is -3.18. The van der Waals surface area contributed by atoms with E-state index in [0.717, 1.165) is 17.0 Å². The van der Waals surface area contributed by atoms with Crippen molar-refractivity contribution in [3.63, 3.8) is 0 Å². The summed E-state index contributed by atoms with van der Waals surface area (Å²) in [4.78, 5) is 32.8. The van der Waals surface area contributed by atoms with Crippen LogP contribution in [0.2, 0.25) is 5.02 Å². The number of urea groups is 1. The number of aromatic nitrogens is 1. The number of carbonyl (C=O) groups excluding carboxylic acids is 2. The molecule has 0 N–H and O–H groups in total. The first-order valence-electron chi connectivity index (χ1n) is 10.2. The molecule has 0 fully saturated rings. The number of anilines is 2. The molecule has 0 aliphatic carbocycles. The van der Waals surface area contributed by atoms with Gasteiger partial charge in [0.05, 0.1) is 10.6 Å². The van der Waals surface area contributed by atoms with Gasteiger partial charge in [0, 0.05) is 51.8 Å². The summed E-state index contributed by atoms with van der Waals surface area (Å²) < 4.78 is 45.3. The number of benzene rings is 2. The smallest absolute Gasteiger partial charge is 0.417 e. The van der Waals surface area contributed by atoms with E-state index in [1.54, 1.807) is 44.4 Å². The van der Waals surface area contributed by atoms with Crippen molar-refractivity contribution in [2.75, 3.05) is 38.0 Å². The monoisotopic (exact) mass is 506 g/mol. The van der Waals surface area contributed by atoms with E-state index >= 15 is 0 Å². The van der Waals surface area contributed by atoms with E-state index in [-0.39, 0.29) is 17.3 Å². The number of alkyl halides is 3. The lowest BCUT2D eigenvalue weighted by atomic mass is 10.2. The maximum Gasteiger partial charge on any atom is 0.417 e. The standard InChI is InChI=1S/C24H22ClF3N4O3/c1-30(2)22(33)21-14-18(11-12-29-21)35-17-8-5-15(6-9-17)31(3)23(34)32(4)16-7-10-20(25)19(13-16)24(26,27)28/h5-14H,1-4H3. The number of amides is 3. The van der Waals surface area contributed by atoms with Gasteiger partial charge in [0.1, 0.15) is 17.2 Å². The van der Waals surface area contributed by atoms with Crippen LogP contribution in [0.1, 0.15) is 16.1 Å². The summed E-state index contributed by atoms with van der Waals surface area (Å²) in [6, 6.07) is 12.3. The van der Waals surface area contributed by atoms with Gasteiger partial charge in [-0.3, -0.25) is 19.6 Å². The topological polar surface area (TPSA) is 66.0 Å². The van der Waals surface area contributed by atoms with E-state index in [2.05, 4.69) is 4.98 Å². The molecule has 0 aliphatic heterocycles. The number of halogens is 4. The molecule has 0 unspecified atom stereocenters. The lowest BCUT2D eigenvalue weighted by Crippen LogP contribution is -2.39. The highest BCUT2D eigenvalue weighted by Gasteiger charge is 2.34. The van der Waals surface area contributed by atoms with Crippen LogP contribution in [-0.2, 0) is 6.18 Å². The van der Waals surface area contributed by atoms with Crippen molar-refractivity contribution in [3.05, 3.63) is 77.1 Å². The molecule has 0 saturated heterocycles. The Balaban J connectivity index is 1.73. The Kier molecular flexibility index (Phi) is 7.54. The van der Waals surface area contributed by atoms with Crippen LogP contribution in [0.4, 0.5) is 29.3 Å². The van der Waals surface area contributed by atoms with Gasteiger partial charge in [0.2, 0.25) is 0 Å². The largest absolute Gasteiger partial charge is 0.457 e. The second-order valence-electron chi connectivity index (χ2n) is 7.73. The maximum atomic E-state index is 13.2. The molecule has 0 bridgehead atoms. The fraction of sp³-hybridized carbons (Fsp3) is 0.208. The van der Waals surface area contributed by atoms with Crippen LogP contribution in [-0.4, -0.2) is 50.0 Å². The Morgan fingerprint density at radius 1 is 0.857 bits per heavy atom. The summed E-state index contributed by atoms with van der Waals surface area (Å²) in [6.45, 7) is 0. The first-order chi connectivity index (χ1) is 16.4. The normalized spacial score (nSPS) is 11.1. The third kappa shape index (κ3) is 6.02. The van der Waals surface area contributed by atoms with Gasteiger partial charge in [-0.25, -0.2) is 4.79 Å². The highest BCUT2D eigenvalue weighted by molar-refractivity contribution is 6.31. The highest BCUT2D eigenvalue weighted by Crippen LogP contribution is 2.37. The van der Waals surface area contributed by atoms with E-state index in [1.807, 2.05) is 0 Å². The van der Waals surface area contributed by atoms with Crippen molar-refractivity contribution in [1.29, 1.82) is 0 Å². The average molecular weight is 507 g/mol. The summed E-state index contributed by atoms with van der Waals surface area (Å²) >= 11 is 5.67. The lowest BCUT2D eigenvalue weighted by molar-refractivity contribution is -0.137. The van der Waals surface area contributed by atoms with Crippen LogP contribution >= 0.6 is 11.6 Å². The van der Waals surface area contributed by atoms with Gasteiger partial charge in [-0.1, -0.05) is 11.6 Å². The number of hydrogen-bond acceptors (Lipinski definition) is 4. The molecule has 3 amide bonds.